The fraction of sp³-hybridized carbons (Fsp3) is 0.667. The van der Waals surface area contributed by atoms with Crippen LogP contribution in [0.25, 0.3) is 11.3 Å². The Morgan fingerprint density at radius 3 is 2.64 bits per heavy atom. The molecule has 1 saturated carbocycles. The lowest BCUT2D eigenvalue weighted by Gasteiger charge is -2.38. The first-order chi connectivity index (χ1) is 21.6. The molecule has 0 bridgehead atoms. The van der Waals surface area contributed by atoms with Crippen molar-refractivity contribution in [2.75, 3.05) is 32.5 Å². The molecule has 0 spiro atoms. The smallest absolute Gasteiger partial charge is 0.410 e. The number of esters is 1. The molecule has 2 saturated heterocycles. The molecule has 12 heteroatoms. The Hall–Kier alpha value is -3.51. The van der Waals surface area contributed by atoms with Crippen LogP contribution in [-0.2, 0) is 30.3 Å². The molecule has 246 valence electrons. The van der Waals surface area contributed by atoms with Crippen LogP contribution in [-0.4, -0.2) is 88.3 Å². The van der Waals surface area contributed by atoms with Crippen molar-refractivity contribution >= 4 is 23.5 Å². The Morgan fingerprint density at radius 2 is 1.91 bits per heavy atom. The molecule has 3 aliphatic rings. The summed E-state index contributed by atoms with van der Waals surface area (Å²) in [5.74, 6) is -0.978. The van der Waals surface area contributed by atoms with Crippen molar-refractivity contribution in [3.8, 4) is 11.3 Å². The van der Waals surface area contributed by atoms with Gasteiger partial charge >= 0.3 is 12.1 Å². The number of anilines is 1. The lowest BCUT2D eigenvalue weighted by atomic mass is 9.87. The van der Waals surface area contributed by atoms with Crippen molar-refractivity contribution in [3.63, 3.8) is 0 Å². The zero-order chi connectivity index (χ0) is 32.1. The average Bonchev–Trinajstić information content (AvgIpc) is 3.69. The van der Waals surface area contributed by atoms with Crippen molar-refractivity contribution in [2.45, 2.75) is 96.1 Å². The van der Waals surface area contributed by atoms with E-state index in [1.165, 1.54) is 0 Å². The Morgan fingerprint density at radius 1 is 1.13 bits per heavy atom. The summed E-state index contributed by atoms with van der Waals surface area (Å²) in [6, 6.07) is 7.18. The largest absolute Gasteiger partial charge is 0.461 e. The summed E-state index contributed by atoms with van der Waals surface area (Å²) in [6.45, 7) is 7.37. The molecule has 1 aliphatic carbocycles. The summed E-state index contributed by atoms with van der Waals surface area (Å²) in [4.78, 5) is 41.1. The van der Waals surface area contributed by atoms with Gasteiger partial charge in [-0.05, 0) is 82.9 Å². The number of nitrogens with one attached hydrogen (secondary N) is 1. The second-order valence-corrected chi connectivity index (χ2v) is 13.3. The number of carbonyl (C=O) groups is 3. The standard InChI is InChI=1S/C33H48N6O6/c1-21-16-26(43-4)12-13-28(40)22(2)31(41)44-20-33(3)30(29(35-18-21)23-10-11-23)39(32(42)45-33)15-6-5-14-38-19-27(36-37-38)24-8-7-9-25(34)17-24/h7-9,17,19,21-23,26,29-30,35H,5-6,10-16,18,20,34H2,1-4H3/t21-,22-,26+,29?,30-,33-/m1/s1. The number of amides is 1. The average molecular weight is 625 g/mol. The van der Waals surface area contributed by atoms with Crippen LogP contribution < -0.4 is 11.1 Å². The highest BCUT2D eigenvalue weighted by Gasteiger charge is 2.57. The van der Waals surface area contributed by atoms with Crippen molar-refractivity contribution < 1.29 is 28.6 Å². The van der Waals surface area contributed by atoms with Gasteiger partial charge in [0.15, 0.2) is 5.60 Å². The van der Waals surface area contributed by atoms with Gasteiger partial charge in [-0.3, -0.25) is 19.2 Å². The fourth-order valence-corrected chi connectivity index (χ4v) is 6.66. The van der Waals surface area contributed by atoms with Gasteiger partial charge < -0.3 is 25.3 Å². The molecule has 1 unspecified atom stereocenters. The number of fused-ring (bicyclic) bond motifs is 1. The number of unbranched alkanes of at least 4 members (excludes halogenated alkanes) is 1. The Kier molecular flexibility index (Phi) is 10.4. The number of nitrogens with zero attached hydrogens (tertiary/aromatic N) is 4. The van der Waals surface area contributed by atoms with E-state index in [2.05, 4.69) is 22.6 Å². The summed E-state index contributed by atoms with van der Waals surface area (Å²) in [5.41, 5.74) is 7.20. The number of aryl methyl sites for hydroxylation is 1. The molecule has 12 nitrogen and oxygen atoms in total. The predicted octanol–water partition coefficient (Wildman–Crippen LogP) is 3.84. The number of nitrogens with two attached hydrogens (primary N) is 1. The monoisotopic (exact) mass is 624 g/mol. The molecule has 45 heavy (non-hydrogen) atoms. The van der Waals surface area contributed by atoms with E-state index in [0.29, 0.717) is 31.1 Å². The minimum atomic E-state index is -1.06. The van der Waals surface area contributed by atoms with Gasteiger partial charge in [0.05, 0.1) is 18.3 Å². The number of Topliss-reactive ketones (excluding diaryl/α,β-unsaturated/α-hetero) is 1. The number of methoxy groups -OCH3 is 1. The molecule has 3 N–H and O–H groups in total. The van der Waals surface area contributed by atoms with Crippen molar-refractivity contribution in [2.24, 2.45) is 17.8 Å². The molecule has 1 aromatic heterocycles. The first kappa shape index (κ1) is 32.9. The predicted molar refractivity (Wildman–Crippen MR) is 168 cm³/mol. The van der Waals surface area contributed by atoms with Crippen LogP contribution >= 0.6 is 0 Å². The molecule has 1 amide bonds. The molecule has 0 radical (unpaired) electrons. The number of hydrogen-bond acceptors (Lipinski definition) is 10. The summed E-state index contributed by atoms with van der Waals surface area (Å²) < 4.78 is 19.2. The van der Waals surface area contributed by atoms with E-state index in [9.17, 15) is 14.4 Å². The summed E-state index contributed by atoms with van der Waals surface area (Å²) in [7, 11) is 1.67. The molecular formula is C33H48N6O6. The van der Waals surface area contributed by atoms with Crippen LogP contribution in [0, 0.1) is 17.8 Å². The van der Waals surface area contributed by atoms with Crippen LogP contribution in [0.1, 0.15) is 65.7 Å². The number of aromatic nitrogens is 3. The van der Waals surface area contributed by atoms with Gasteiger partial charge in [-0.15, -0.1) is 5.10 Å². The van der Waals surface area contributed by atoms with Gasteiger partial charge in [0.25, 0.3) is 0 Å². The minimum Gasteiger partial charge on any atom is -0.461 e. The van der Waals surface area contributed by atoms with Crippen molar-refractivity contribution in [1.82, 2.24) is 25.2 Å². The lowest BCUT2D eigenvalue weighted by molar-refractivity contribution is -0.157. The normalized spacial score (nSPS) is 30.3. The molecule has 3 heterocycles. The first-order valence-corrected chi connectivity index (χ1v) is 16.3. The molecule has 1 aromatic carbocycles. The number of ether oxygens (including phenoxy) is 3. The van der Waals surface area contributed by atoms with Gasteiger partial charge in [-0.2, -0.15) is 0 Å². The maximum Gasteiger partial charge on any atom is 0.410 e. The molecule has 5 rings (SSSR count). The molecule has 6 atom stereocenters. The quantitative estimate of drug-likeness (QED) is 0.192. The van der Waals surface area contributed by atoms with Gasteiger partial charge in [0, 0.05) is 43.9 Å². The maximum atomic E-state index is 13.4. The highest BCUT2D eigenvalue weighted by Crippen LogP contribution is 2.42. The van der Waals surface area contributed by atoms with E-state index in [4.69, 9.17) is 19.9 Å². The van der Waals surface area contributed by atoms with Crippen LogP contribution in [0.4, 0.5) is 10.5 Å². The van der Waals surface area contributed by atoms with Crippen LogP contribution in [0.3, 0.4) is 0 Å². The molecule has 2 aliphatic heterocycles. The number of benzene rings is 1. The molecule has 2 aromatic rings. The lowest BCUT2D eigenvalue weighted by Crippen LogP contribution is -2.59. The zero-order valence-corrected chi connectivity index (χ0v) is 26.9. The first-order valence-electron chi connectivity index (χ1n) is 16.3. The number of hydrogen-bond donors (Lipinski definition) is 2. The van der Waals surface area contributed by atoms with Gasteiger partial charge in [-0.1, -0.05) is 24.3 Å². The van der Waals surface area contributed by atoms with E-state index in [1.807, 2.05) is 42.3 Å². The molecular weight excluding hydrogens is 576 g/mol. The Bertz CT molecular complexity index is 1350. The highest BCUT2D eigenvalue weighted by atomic mass is 16.6. The zero-order valence-electron chi connectivity index (χ0n) is 26.9. The Balaban J connectivity index is 1.29. The van der Waals surface area contributed by atoms with E-state index in [-0.39, 0.29) is 42.9 Å². The number of carbonyl (C=O) groups excluding carboxylic acids is 3. The van der Waals surface area contributed by atoms with Crippen molar-refractivity contribution in [1.29, 1.82) is 0 Å². The second-order valence-electron chi connectivity index (χ2n) is 13.3. The number of rotatable bonds is 8. The van der Waals surface area contributed by atoms with Gasteiger partial charge in [-0.25, -0.2) is 4.79 Å². The highest BCUT2D eigenvalue weighted by molar-refractivity contribution is 5.98. The second kappa shape index (κ2) is 14.3. The van der Waals surface area contributed by atoms with Crippen LogP contribution in [0.2, 0.25) is 0 Å². The number of cyclic esters (lactones) is 1. The summed E-state index contributed by atoms with van der Waals surface area (Å²) in [6.07, 6.45) is 6.64. The third-order valence-electron chi connectivity index (χ3n) is 9.49. The number of nitrogen functional groups attached to an aromatic ring is 1. The van der Waals surface area contributed by atoms with Crippen LogP contribution in [0.5, 0.6) is 0 Å². The topological polar surface area (TPSA) is 151 Å². The third-order valence-corrected chi connectivity index (χ3v) is 9.49. The minimum absolute atomic E-state index is 0.0241. The number of ketones is 1. The fourth-order valence-electron chi connectivity index (χ4n) is 6.66. The summed E-state index contributed by atoms with van der Waals surface area (Å²) >= 11 is 0. The van der Waals surface area contributed by atoms with Gasteiger partial charge in [0.2, 0.25) is 0 Å². The van der Waals surface area contributed by atoms with E-state index >= 15 is 0 Å². The van der Waals surface area contributed by atoms with E-state index in [1.54, 1.807) is 18.7 Å². The van der Waals surface area contributed by atoms with E-state index < -0.39 is 23.6 Å². The maximum absolute atomic E-state index is 13.4. The van der Waals surface area contributed by atoms with Crippen LogP contribution in [0.15, 0.2) is 30.5 Å². The SMILES string of the molecule is CO[C@H]1CCC(=O)[C@@H](C)C(=O)OC[C@@]2(C)OC(=O)N(CCCCn3cc(-c4cccc(N)c4)nn3)[C@@H]2C(C2CC2)NC[C@H](C)C1. The molecule has 3 fully saturated rings. The van der Waals surface area contributed by atoms with E-state index in [0.717, 1.165) is 49.9 Å². The van der Waals surface area contributed by atoms with Crippen molar-refractivity contribution in [3.05, 3.63) is 30.5 Å². The Labute approximate surface area is 265 Å². The van der Waals surface area contributed by atoms with Gasteiger partial charge in [0.1, 0.15) is 24.0 Å². The third kappa shape index (κ3) is 8.02. The summed E-state index contributed by atoms with van der Waals surface area (Å²) in [5, 5.41) is 12.4.